The van der Waals surface area contributed by atoms with E-state index >= 15 is 0 Å². The molecule has 1 saturated heterocycles. The molecule has 0 aliphatic carbocycles. The molecule has 1 aliphatic heterocycles. The highest BCUT2D eigenvalue weighted by Gasteiger charge is 2.35. The Hall–Kier alpha value is -2.70. The molecule has 1 heterocycles. The molecule has 0 radical (unpaired) electrons. The quantitative estimate of drug-likeness (QED) is 0.386. The Morgan fingerprint density at radius 2 is 1.46 bits per heavy atom. The first kappa shape index (κ1) is 28.9. The molecule has 204 valence electrons. The van der Waals surface area contributed by atoms with E-state index in [2.05, 4.69) is 14.8 Å². The first-order valence-corrected chi connectivity index (χ1v) is 13.5. The van der Waals surface area contributed by atoms with Gasteiger partial charge in [0, 0.05) is 11.3 Å². The fourth-order valence-electron chi connectivity index (χ4n) is 4.36. The van der Waals surface area contributed by atoms with E-state index in [4.69, 9.17) is 0 Å². The number of hydrogen-bond donors (Lipinski definition) is 1. The lowest BCUT2D eigenvalue weighted by atomic mass is 10.1. The van der Waals surface area contributed by atoms with Crippen molar-refractivity contribution in [2.24, 2.45) is 0 Å². The molecule has 1 aliphatic rings. The molecule has 3 rings (SSSR count). The predicted octanol–water partition coefficient (Wildman–Crippen LogP) is 4.79. The van der Waals surface area contributed by atoms with Crippen LogP contribution in [0.2, 0.25) is 0 Å². The summed E-state index contributed by atoms with van der Waals surface area (Å²) >= 11 is 0. The van der Waals surface area contributed by atoms with E-state index < -0.39 is 41.2 Å². The van der Waals surface area contributed by atoms with Crippen LogP contribution < -0.4 is 10.2 Å². The largest absolute Gasteiger partial charge is 0.361 e. The number of nitrogens with zero attached hydrogens (tertiary/aromatic N) is 1. The van der Waals surface area contributed by atoms with Gasteiger partial charge in [-0.2, -0.15) is 17.6 Å². The minimum Gasteiger partial charge on any atom is -0.361 e. The van der Waals surface area contributed by atoms with Gasteiger partial charge in [0.2, 0.25) is 0 Å². The first-order chi connectivity index (χ1) is 17.5. The summed E-state index contributed by atoms with van der Waals surface area (Å²) in [5.41, 5.74) is 1.63. The molecule has 7 nitrogen and oxygen atoms in total. The van der Waals surface area contributed by atoms with Gasteiger partial charge in [-0.05, 0) is 61.7 Å². The lowest BCUT2D eigenvalue weighted by molar-refractivity contribution is -0.134. The second-order valence-electron chi connectivity index (χ2n) is 8.69. The number of carbonyl (C=O) groups is 1. The number of anilines is 1. The van der Waals surface area contributed by atoms with Gasteiger partial charge in [-0.25, -0.2) is 8.42 Å². The third-order valence-electron chi connectivity index (χ3n) is 6.34. The van der Waals surface area contributed by atoms with Crippen molar-refractivity contribution in [3.05, 3.63) is 59.7 Å². The SMILES string of the molecule is CCS(=O)(=O)c1ccc([C@H](C)NC(=O)c2ccc(N3C(COC(F)F)CCC3COC(F)F)cc2)cc1. The van der Waals surface area contributed by atoms with E-state index in [0.29, 0.717) is 24.1 Å². The molecular weight excluding hydrogens is 516 g/mol. The van der Waals surface area contributed by atoms with Crippen LogP contribution in [0.1, 0.15) is 48.7 Å². The number of benzene rings is 2. The number of alkyl halides is 4. The van der Waals surface area contributed by atoms with Gasteiger partial charge in [0.05, 0.1) is 42.0 Å². The van der Waals surface area contributed by atoms with Gasteiger partial charge < -0.3 is 19.7 Å². The Morgan fingerprint density at radius 1 is 0.946 bits per heavy atom. The summed E-state index contributed by atoms with van der Waals surface area (Å²) in [6, 6.07) is 11.3. The third kappa shape index (κ3) is 7.65. The number of ether oxygens (including phenoxy) is 2. The number of rotatable bonds is 12. The van der Waals surface area contributed by atoms with Gasteiger partial charge in [-0.3, -0.25) is 4.79 Å². The minimum atomic E-state index is -3.32. The summed E-state index contributed by atoms with van der Waals surface area (Å²) in [4.78, 5) is 14.7. The van der Waals surface area contributed by atoms with Gasteiger partial charge in [-0.1, -0.05) is 19.1 Å². The van der Waals surface area contributed by atoms with Crippen LogP contribution in [0.4, 0.5) is 23.2 Å². The van der Waals surface area contributed by atoms with Crippen LogP contribution in [0.5, 0.6) is 0 Å². The van der Waals surface area contributed by atoms with Crippen molar-refractivity contribution in [3.63, 3.8) is 0 Å². The number of amides is 1. The average Bonchev–Trinajstić information content (AvgIpc) is 3.29. The van der Waals surface area contributed by atoms with Crippen LogP contribution >= 0.6 is 0 Å². The molecule has 2 aromatic rings. The summed E-state index contributed by atoms with van der Waals surface area (Å²) < 4.78 is 83.3. The van der Waals surface area contributed by atoms with Gasteiger partial charge in [0.15, 0.2) is 9.84 Å². The Bertz CT molecular complexity index is 1110. The Kier molecular flexibility index (Phi) is 9.91. The molecule has 2 unspecified atom stereocenters. The van der Waals surface area contributed by atoms with E-state index in [0.717, 1.165) is 5.56 Å². The molecule has 0 bridgehead atoms. The van der Waals surface area contributed by atoms with E-state index in [1.807, 2.05) is 0 Å². The van der Waals surface area contributed by atoms with Gasteiger partial charge in [-0.15, -0.1) is 0 Å². The standard InChI is InChI=1S/C25H30F4N2O5S/c1-3-37(33,34)22-12-6-17(7-13-22)16(2)30-23(32)18-4-8-19(9-5-18)31-20(14-35-24(26)27)10-11-21(31)15-36-25(28)29/h4-9,12-13,16,20-21,24-25H,3,10-11,14-15H2,1-2H3,(H,30,32)/t16-,20?,21?/m0/s1. The van der Waals surface area contributed by atoms with Crippen molar-refractivity contribution in [1.82, 2.24) is 5.32 Å². The van der Waals surface area contributed by atoms with E-state index in [1.165, 1.54) is 12.1 Å². The van der Waals surface area contributed by atoms with Crippen LogP contribution in [0, 0.1) is 0 Å². The van der Waals surface area contributed by atoms with Crippen molar-refractivity contribution >= 4 is 21.4 Å². The summed E-state index contributed by atoms with van der Waals surface area (Å²) in [6.45, 7) is -3.12. The zero-order valence-corrected chi connectivity index (χ0v) is 21.3. The van der Waals surface area contributed by atoms with Crippen LogP contribution in [0.3, 0.4) is 0 Å². The Balaban J connectivity index is 1.69. The summed E-state index contributed by atoms with van der Waals surface area (Å²) in [7, 11) is -3.32. The lowest BCUT2D eigenvalue weighted by Gasteiger charge is -2.32. The van der Waals surface area contributed by atoms with E-state index in [9.17, 15) is 30.8 Å². The normalized spacial score (nSPS) is 19.0. The minimum absolute atomic E-state index is 0.00790. The second-order valence-corrected chi connectivity index (χ2v) is 11.0. The lowest BCUT2D eigenvalue weighted by Crippen LogP contribution is -2.41. The molecule has 0 aromatic heterocycles. The molecule has 2 aromatic carbocycles. The van der Waals surface area contributed by atoms with Crippen LogP contribution in [0.15, 0.2) is 53.4 Å². The van der Waals surface area contributed by atoms with Gasteiger partial charge in [0.1, 0.15) is 0 Å². The highest BCUT2D eigenvalue weighted by atomic mass is 32.2. The van der Waals surface area contributed by atoms with Crippen molar-refractivity contribution < 1.29 is 40.2 Å². The molecule has 1 fully saturated rings. The predicted molar refractivity (Wildman–Crippen MR) is 130 cm³/mol. The zero-order chi connectivity index (χ0) is 27.2. The fourth-order valence-corrected chi connectivity index (χ4v) is 5.24. The monoisotopic (exact) mass is 546 g/mol. The molecule has 12 heteroatoms. The third-order valence-corrected chi connectivity index (χ3v) is 8.09. The van der Waals surface area contributed by atoms with E-state index in [1.54, 1.807) is 55.1 Å². The number of halogens is 4. The van der Waals surface area contributed by atoms with Crippen molar-refractivity contribution in [2.45, 2.75) is 62.9 Å². The first-order valence-electron chi connectivity index (χ1n) is 11.8. The number of hydrogen-bond acceptors (Lipinski definition) is 6. The molecule has 0 saturated carbocycles. The van der Waals surface area contributed by atoms with Gasteiger partial charge >= 0.3 is 13.2 Å². The molecule has 0 spiro atoms. The van der Waals surface area contributed by atoms with Crippen LogP contribution in [-0.4, -0.2) is 58.6 Å². The van der Waals surface area contributed by atoms with Crippen molar-refractivity contribution in [3.8, 4) is 0 Å². The summed E-state index contributed by atoms with van der Waals surface area (Å²) in [5, 5.41) is 2.85. The molecular formula is C25H30F4N2O5S. The summed E-state index contributed by atoms with van der Waals surface area (Å²) in [5.74, 6) is -0.382. The Labute approximate surface area is 213 Å². The molecule has 3 atom stereocenters. The number of nitrogens with one attached hydrogen (secondary N) is 1. The summed E-state index contributed by atoms with van der Waals surface area (Å²) in [6.07, 6.45) is 0.921. The maximum atomic E-state index is 12.8. The Morgan fingerprint density at radius 3 is 1.92 bits per heavy atom. The molecule has 1 N–H and O–H groups in total. The second kappa shape index (κ2) is 12.7. The average molecular weight is 547 g/mol. The van der Waals surface area contributed by atoms with Crippen molar-refractivity contribution in [1.29, 1.82) is 0 Å². The smallest absolute Gasteiger partial charge is 0.345 e. The van der Waals surface area contributed by atoms with Gasteiger partial charge in [0.25, 0.3) is 5.91 Å². The highest BCUT2D eigenvalue weighted by Crippen LogP contribution is 2.32. The fraction of sp³-hybridized carbons (Fsp3) is 0.480. The molecule has 37 heavy (non-hydrogen) atoms. The molecule has 1 amide bonds. The maximum absolute atomic E-state index is 12.8. The number of carbonyl (C=O) groups excluding carboxylic acids is 1. The van der Waals surface area contributed by atoms with E-state index in [-0.39, 0.29) is 29.8 Å². The topological polar surface area (TPSA) is 84.9 Å². The maximum Gasteiger partial charge on any atom is 0.345 e. The highest BCUT2D eigenvalue weighted by molar-refractivity contribution is 7.91. The zero-order valence-electron chi connectivity index (χ0n) is 20.4. The van der Waals surface area contributed by atoms with Crippen molar-refractivity contribution in [2.75, 3.05) is 23.9 Å². The number of sulfone groups is 1. The van der Waals surface area contributed by atoms with Crippen LogP contribution in [0.25, 0.3) is 0 Å². The van der Waals surface area contributed by atoms with Crippen LogP contribution in [-0.2, 0) is 19.3 Å².